The number of thioether (sulfide) groups is 1. The van der Waals surface area contributed by atoms with Gasteiger partial charge < -0.3 is 14.6 Å². The Labute approximate surface area is 137 Å². The van der Waals surface area contributed by atoms with Crippen LogP contribution in [-0.2, 0) is 0 Å². The van der Waals surface area contributed by atoms with Gasteiger partial charge in [0.2, 0.25) is 0 Å². The van der Waals surface area contributed by atoms with Crippen molar-refractivity contribution in [2.75, 3.05) is 12.3 Å². The van der Waals surface area contributed by atoms with Gasteiger partial charge in [0.15, 0.2) is 0 Å². The number of phenolic OH excluding ortho intramolecular Hbond substituents is 1. The molecule has 1 aliphatic heterocycles. The highest BCUT2D eigenvalue weighted by molar-refractivity contribution is 7.99. The maximum atomic E-state index is 12.1. The molecule has 6 heteroatoms. The molecule has 0 aliphatic carbocycles. The Kier molecular flexibility index (Phi) is 4.43. The summed E-state index contributed by atoms with van der Waals surface area (Å²) in [7, 11) is 0. The normalized spacial score (nSPS) is 18.3. The lowest BCUT2D eigenvalue weighted by atomic mass is 10.0. The van der Waals surface area contributed by atoms with E-state index < -0.39 is 5.63 Å². The van der Waals surface area contributed by atoms with Crippen molar-refractivity contribution in [2.45, 2.75) is 18.6 Å². The van der Waals surface area contributed by atoms with Crippen LogP contribution in [-0.4, -0.2) is 28.2 Å². The third kappa shape index (κ3) is 3.42. The van der Waals surface area contributed by atoms with Gasteiger partial charge in [0.25, 0.3) is 0 Å². The summed E-state index contributed by atoms with van der Waals surface area (Å²) in [6.07, 6.45) is 0.496. The number of aliphatic imine (C=N–C) groups is 1. The van der Waals surface area contributed by atoms with Gasteiger partial charge in [-0.2, -0.15) is 11.8 Å². The number of benzene rings is 1. The first-order chi connectivity index (χ1) is 11.0. The van der Waals surface area contributed by atoms with E-state index in [9.17, 15) is 15.0 Å². The molecule has 0 bridgehead atoms. The second kappa shape index (κ2) is 6.50. The molecule has 5 nitrogen and oxygen atoms in total. The molecule has 0 spiro atoms. The van der Waals surface area contributed by atoms with Crippen molar-refractivity contribution in [3.05, 3.63) is 57.6 Å². The number of rotatable bonds is 2. The number of hydrogen-bond acceptors (Lipinski definition) is 6. The number of hydrogen-bond donors (Lipinski definition) is 2. The van der Waals surface area contributed by atoms with E-state index in [4.69, 9.17) is 4.42 Å². The van der Waals surface area contributed by atoms with Gasteiger partial charge in [-0.1, -0.05) is 12.1 Å². The van der Waals surface area contributed by atoms with Crippen molar-refractivity contribution >= 4 is 17.5 Å². The zero-order valence-corrected chi connectivity index (χ0v) is 13.5. The lowest BCUT2D eigenvalue weighted by molar-refractivity contribution is 0.432. The molecule has 0 unspecified atom stereocenters. The molecule has 3 rings (SSSR count). The summed E-state index contributed by atoms with van der Waals surface area (Å²) in [4.78, 5) is 16.6. The van der Waals surface area contributed by atoms with E-state index in [0.717, 1.165) is 11.3 Å². The van der Waals surface area contributed by atoms with E-state index in [-0.39, 0.29) is 22.3 Å². The quantitative estimate of drug-likeness (QED) is 0.884. The summed E-state index contributed by atoms with van der Waals surface area (Å²) in [5, 5.41) is 19.9. The van der Waals surface area contributed by atoms with Gasteiger partial charge >= 0.3 is 5.63 Å². The highest BCUT2D eigenvalue weighted by Crippen LogP contribution is 2.36. The van der Waals surface area contributed by atoms with Crippen LogP contribution in [0.25, 0.3) is 0 Å². The predicted octanol–water partition coefficient (Wildman–Crippen LogP) is 3.03. The molecule has 0 amide bonds. The average molecular weight is 331 g/mol. The van der Waals surface area contributed by atoms with Crippen molar-refractivity contribution in [3.8, 4) is 11.5 Å². The van der Waals surface area contributed by atoms with Crippen LogP contribution < -0.4 is 5.63 Å². The summed E-state index contributed by atoms with van der Waals surface area (Å²) in [6, 6.07) is 8.52. The van der Waals surface area contributed by atoms with E-state index in [1.54, 1.807) is 36.9 Å². The van der Waals surface area contributed by atoms with Crippen molar-refractivity contribution in [1.82, 2.24) is 0 Å². The first-order valence-electron chi connectivity index (χ1n) is 7.32. The SMILES string of the molecule is Cc1cc(O)c(C2=NCCS[C@@H](c3cccc(O)c3)C2)c(=O)o1. The van der Waals surface area contributed by atoms with Crippen LogP contribution in [0.4, 0.5) is 0 Å². The van der Waals surface area contributed by atoms with Gasteiger partial charge in [-0.25, -0.2) is 4.79 Å². The Bertz CT molecular complexity index is 812. The van der Waals surface area contributed by atoms with Crippen LogP contribution in [0, 0.1) is 6.92 Å². The molecule has 0 saturated carbocycles. The maximum absolute atomic E-state index is 12.1. The maximum Gasteiger partial charge on any atom is 0.348 e. The van der Waals surface area contributed by atoms with Crippen LogP contribution in [0.2, 0.25) is 0 Å². The van der Waals surface area contributed by atoms with Gasteiger partial charge in [0.05, 0.1) is 5.71 Å². The Balaban J connectivity index is 1.97. The minimum atomic E-state index is -0.567. The minimum absolute atomic E-state index is 0.0588. The minimum Gasteiger partial charge on any atom is -0.508 e. The Hall–Kier alpha value is -2.21. The number of aryl methyl sites for hydroxylation is 1. The molecule has 0 fully saturated rings. The zero-order chi connectivity index (χ0) is 16.4. The highest BCUT2D eigenvalue weighted by Gasteiger charge is 2.24. The van der Waals surface area contributed by atoms with E-state index >= 15 is 0 Å². The molecular weight excluding hydrogens is 314 g/mol. The summed E-state index contributed by atoms with van der Waals surface area (Å²) >= 11 is 1.72. The smallest absolute Gasteiger partial charge is 0.348 e. The first-order valence-corrected chi connectivity index (χ1v) is 8.37. The molecule has 0 saturated heterocycles. The molecule has 120 valence electrons. The van der Waals surface area contributed by atoms with Crippen molar-refractivity contribution < 1.29 is 14.6 Å². The van der Waals surface area contributed by atoms with Crippen LogP contribution in [0.15, 0.2) is 44.5 Å². The van der Waals surface area contributed by atoms with Gasteiger partial charge in [0, 0.05) is 30.0 Å². The largest absolute Gasteiger partial charge is 0.508 e. The second-order valence-electron chi connectivity index (χ2n) is 5.39. The predicted molar refractivity (Wildman–Crippen MR) is 90.7 cm³/mol. The molecule has 1 aromatic carbocycles. The van der Waals surface area contributed by atoms with Gasteiger partial charge in [-0.05, 0) is 24.6 Å². The van der Waals surface area contributed by atoms with Gasteiger partial charge in [-0.15, -0.1) is 0 Å². The van der Waals surface area contributed by atoms with E-state index in [1.165, 1.54) is 6.07 Å². The zero-order valence-electron chi connectivity index (χ0n) is 12.7. The van der Waals surface area contributed by atoms with Crippen LogP contribution in [0.1, 0.15) is 28.6 Å². The van der Waals surface area contributed by atoms with Crippen LogP contribution in [0.5, 0.6) is 11.5 Å². The monoisotopic (exact) mass is 331 g/mol. The molecule has 1 aliphatic rings. The Morgan fingerprint density at radius 3 is 2.87 bits per heavy atom. The average Bonchev–Trinajstić information content (AvgIpc) is 2.72. The fourth-order valence-corrected chi connectivity index (χ4v) is 3.75. The number of aromatic hydroxyl groups is 2. The standard InChI is InChI=1S/C17H17NO4S/c1-10-7-14(20)16(17(21)22-10)13-9-15(23-6-5-18-13)11-3-2-4-12(19)8-11/h2-4,7-8,15,19-20H,5-6,9H2,1H3/t15-/m1/s1. The first kappa shape index (κ1) is 15.7. The van der Waals surface area contributed by atoms with Gasteiger partial charge in [0.1, 0.15) is 22.8 Å². The summed E-state index contributed by atoms with van der Waals surface area (Å²) < 4.78 is 5.10. The third-order valence-corrected chi connectivity index (χ3v) is 4.94. The van der Waals surface area contributed by atoms with Crippen LogP contribution >= 0.6 is 11.8 Å². The van der Waals surface area contributed by atoms with E-state index in [2.05, 4.69) is 4.99 Å². The van der Waals surface area contributed by atoms with Gasteiger partial charge in [-0.3, -0.25) is 4.99 Å². The van der Waals surface area contributed by atoms with Crippen LogP contribution in [0.3, 0.4) is 0 Å². The molecular formula is C17H17NO4S. The molecule has 23 heavy (non-hydrogen) atoms. The highest BCUT2D eigenvalue weighted by atomic mass is 32.2. The number of nitrogens with zero attached hydrogens (tertiary/aromatic N) is 1. The molecule has 2 heterocycles. The molecule has 2 N–H and O–H groups in total. The Morgan fingerprint density at radius 1 is 1.30 bits per heavy atom. The van der Waals surface area contributed by atoms with Crippen molar-refractivity contribution in [2.24, 2.45) is 4.99 Å². The van der Waals surface area contributed by atoms with E-state index in [0.29, 0.717) is 24.4 Å². The van der Waals surface area contributed by atoms with E-state index in [1.807, 2.05) is 6.07 Å². The summed E-state index contributed by atoms with van der Waals surface area (Å²) in [5.41, 5.74) is 1.10. The Morgan fingerprint density at radius 2 is 2.13 bits per heavy atom. The molecule has 1 aromatic heterocycles. The third-order valence-electron chi connectivity index (χ3n) is 3.68. The molecule has 2 aromatic rings. The van der Waals surface area contributed by atoms with Crippen molar-refractivity contribution in [3.63, 3.8) is 0 Å². The topological polar surface area (TPSA) is 83.0 Å². The molecule has 1 atom stereocenters. The number of phenols is 1. The summed E-state index contributed by atoms with van der Waals surface area (Å²) in [5.74, 6) is 1.29. The fourth-order valence-electron chi connectivity index (χ4n) is 2.66. The summed E-state index contributed by atoms with van der Waals surface area (Å²) in [6.45, 7) is 2.19. The fraction of sp³-hybridized carbons (Fsp3) is 0.294. The van der Waals surface area contributed by atoms with Crippen molar-refractivity contribution in [1.29, 1.82) is 0 Å². The lowest BCUT2D eigenvalue weighted by Gasteiger charge is -2.16. The lowest BCUT2D eigenvalue weighted by Crippen LogP contribution is -2.17. The molecule has 0 radical (unpaired) electrons. The second-order valence-corrected chi connectivity index (χ2v) is 6.70.